The summed E-state index contributed by atoms with van der Waals surface area (Å²) in [7, 11) is -3.66. The third kappa shape index (κ3) is 5.28. The minimum absolute atomic E-state index is 0.100. The largest absolute Gasteiger partial charge is 0.352 e. The molecule has 0 spiro atoms. The highest BCUT2D eigenvalue weighted by molar-refractivity contribution is 7.89. The van der Waals surface area contributed by atoms with E-state index in [1.165, 1.54) is 12.1 Å². The number of sulfonamides is 1. The number of amides is 1. The minimum atomic E-state index is -3.66. The second-order valence-corrected chi connectivity index (χ2v) is 8.05. The molecule has 144 valence electrons. The average Bonchev–Trinajstić information content (AvgIpc) is 2.71. The summed E-state index contributed by atoms with van der Waals surface area (Å²) in [4.78, 5) is 12.4. The Hall–Kier alpha value is -2.96. The molecule has 28 heavy (non-hydrogen) atoms. The van der Waals surface area contributed by atoms with E-state index in [9.17, 15) is 13.2 Å². The van der Waals surface area contributed by atoms with Crippen LogP contribution in [0, 0.1) is 0 Å². The number of benzene rings is 3. The topological polar surface area (TPSA) is 89.3 Å². The summed E-state index contributed by atoms with van der Waals surface area (Å²) in [5.41, 5.74) is 3.80. The molecule has 0 radical (unpaired) electrons. The zero-order valence-corrected chi connectivity index (χ0v) is 16.2. The normalized spacial score (nSPS) is 11.2. The maximum atomic E-state index is 12.3. The summed E-state index contributed by atoms with van der Waals surface area (Å²) < 4.78 is 22.5. The highest BCUT2D eigenvalue weighted by Gasteiger charge is 2.07. The number of rotatable bonds is 7. The number of carbonyl (C=O) groups is 1. The van der Waals surface area contributed by atoms with Gasteiger partial charge in [0.25, 0.3) is 5.91 Å². The number of primary sulfonamides is 1. The summed E-state index contributed by atoms with van der Waals surface area (Å²) in [6.07, 6.45) is 1.49. The molecule has 3 aromatic carbocycles. The predicted octanol–water partition coefficient (Wildman–Crippen LogP) is 3.36. The van der Waals surface area contributed by atoms with Crippen LogP contribution in [-0.2, 0) is 16.4 Å². The van der Waals surface area contributed by atoms with Gasteiger partial charge in [-0.25, -0.2) is 13.6 Å². The molecule has 0 bridgehead atoms. The van der Waals surface area contributed by atoms with Gasteiger partial charge < -0.3 is 5.32 Å². The molecule has 5 nitrogen and oxygen atoms in total. The van der Waals surface area contributed by atoms with E-state index in [1.807, 2.05) is 54.6 Å². The molecule has 0 heterocycles. The van der Waals surface area contributed by atoms with Crippen molar-refractivity contribution < 1.29 is 13.2 Å². The van der Waals surface area contributed by atoms with Crippen molar-refractivity contribution >= 4 is 15.9 Å². The summed E-state index contributed by atoms with van der Waals surface area (Å²) in [5, 5.41) is 7.99. The van der Waals surface area contributed by atoms with E-state index in [2.05, 4.69) is 5.32 Å². The lowest BCUT2D eigenvalue weighted by atomic mass is 10.0. The third-order valence-corrected chi connectivity index (χ3v) is 5.36. The molecule has 0 aliphatic heterocycles. The molecule has 0 aliphatic carbocycles. The molecule has 1 amide bonds. The molecule has 3 N–H and O–H groups in total. The van der Waals surface area contributed by atoms with Crippen LogP contribution in [0.3, 0.4) is 0 Å². The maximum Gasteiger partial charge on any atom is 0.251 e. The quantitative estimate of drug-likeness (QED) is 0.602. The van der Waals surface area contributed by atoms with Gasteiger partial charge >= 0.3 is 0 Å². The van der Waals surface area contributed by atoms with Gasteiger partial charge in [-0.05, 0) is 53.8 Å². The first-order valence-electron chi connectivity index (χ1n) is 8.99. The highest BCUT2D eigenvalue weighted by atomic mass is 32.2. The zero-order valence-electron chi connectivity index (χ0n) is 15.3. The standard InChI is InChI=1S/C22H22N2O3S/c23-28(26,27)21-14-8-17(9-15-21)5-4-16-24-22(25)20-12-10-19(11-13-20)18-6-2-1-3-7-18/h1-3,6-15H,4-5,16H2,(H,24,25)(H2,23,26,27). The number of aryl methyl sites for hydroxylation is 1. The molecule has 0 aliphatic rings. The molecular weight excluding hydrogens is 372 g/mol. The Morgan fingerprint density at radius 1 is 0.821 bits per heavy atom. The molecule has 3 aromatic rings. The first kappa shape index (κ1) is 19.8. The summed E-state index contributed by atoms with van der Waals surface area (Å²) in [6.45, 7) is 0.538. The van der Waals surface area contributed by atoms with Crippen LogP contribution in [0.4, 0.5) is 0 Å². The van der Waals surface area contributed by atoms with Gasteiger partial charge in [0.05, 0.1) is 4.90 Å². The Balaban J connectivity index is 1.48. The van der Waals surface area contributed by atoms with Crippen LogP contribution in [0.15, 0.2) is 83.8 Å². The fourth-order valence-electron chi connectivity index (χ4n) is 2.89. The number of nitrogens with two attached hydrogens (primary N) is 1. The van der Waals surface area contributed by atoms with E-state index < -0.39 is 10.0 Å². The van der Waals surface area contributed by atoms with E-state index in [0.717, 1.165) is 29.5 Å². The Morgan fingerprint density at radius 2 is 1.43 bits per heavy atom. The molecule has 0 atom stereocenters. The van der Waals surface area contributed by atoms with E-state index in [0.29, 0.717) is 12.1 Å². The van der Waals surface area contributed by atoms with Crippen molar-refractivity contribution in [3.05, 3.63) is 90.0 Å². The van der Waals surface area contributed by atoms with Gasteiger partial charge in [0.1, 0.15) is 0 Å². The maximum absolute atomic E-state index is 12.3. The Kier molecular flexibility index (Phi) is 6.23. The van der Waals surface area contributed by atoms with Crippen LogP contribution in [0.1, 0.15) is 22.3 Å². The van der Waals surface area contributed by atoms with Gasteiger partial charge in [-0.1, -0.05) is 54.6 Å². The lowest BCUT2D eigenvalue weighted by Crippen LogP contribution is -2.24. The van der Waals surface area contributed by atoms with Crippen LogP contribution in [0.2, 0.25) is 0 Å². The van der Waals surface area contributed by atoms with E-state index >= 15 is 0 Å². The number of nitrogens with one attached hydrogen (secondary N) is 1. The van der Waals surface area contributed by atoms with E-state index in [1.54, 1.807) is 12.1 Å². The van der Waals surface area contributed by atoms with Crippen molar-refractivity contribution in [2.75, 3.05) is 6.54 Å². The van der Waals surface area contributed by atoms with Gasteiger partial charge in [0.2, 0.25) is 10.0 Å². The highest BCUT2D eigenvalue weighted by Crippen LogP contribution is 2.19. The Morgan fingerprint density at radius 3 is 2.04 bits per heavy atom. The number of hydrogen-bond donors (Lipinski definition) is 2. The fourth-order valence-corrected chi connectivity index (χ4v) is 3.40. The second-order valence-electron chi connectivity index (χ2n) is 6.49. The molecule has 0 saturated carbocycles. The lowest BCUT2D eigenvalue weighted by molar-refractivity contribution is 0.0953. The van der Waals surface area contributed by atoms with Crippen LogP contribution >= 0.6 is 0 Å². The van der Waals surface area contributed by atoms with Crippen LogP contribution < -0.4 is 10.5 Å². The SMILES string of the molecule is NS(=O)(=O)c1ccc(CCCNC(=O)c2ccc(-c3ccccc3)cc2)cc1. The van der Waals surface area contributed by atoms with E-state index in [-0.39, 0.29) is 10.8 Å². The zero-order chi connectivity index (χ0) is 20.0. The molecule has 6 heteroatoms. The van der Waals surface area contributed by atoms with Gasteiger partial charge in [-0.3, -0.25) is 4.79 Å². The Labute approximate surface area is 165 Å². The van der Waals surface area contributed by atoms with Crippen molar-refractivity contribution in [2.45, 2.75) is 17.7 Å². The minimum Gasteiger partial charge on any atom is -0.352 e. The molecule has 0 saturated heterocycles. The van der Waals surface area contributed by atoms with Crippen molar-refractivity contribution in [1.29, 1.82) is 0 Å². The molecular formula is C22H22N2O3S. The van der Waals surface area contributed by atoms with Gasteiger partial charge in [-0.15, -0.1) is 0 Å². The summed E-state index contributed by atoms with van der Waals surface area (Å²) >= 11 is 0. The first-order chi connectivity index (χ1) is 13.4. The Bertz CT molecular complexity index is 1030. The average molecular weight is 394 g/mol. The smallest absolute Gasteiger partial charge is 0.251 e. The molecule has 0 aromatic heterocycles. The van der Waals surface area contributed by atoms with Crippen LogP contribution in [0.25, 0.3) is 11.1 Å². The van der Waals surface area contributed by atoms with Gasteiger partial charge in [0.15, 0.2) is 0 Å². The van der Waals surface area contributed by atoms with Crippen molar-refractivity contribution in [1.82, 2.24) is 5.32 Å². The molecule has 0 fully saturated rings. The van der Waals surface area contributed by atoms with E-state index in [4.69, 9.17) is 5.14 Å². The van der Waals surface area contributed by atoms with Gasteiger partial charge in [-0.2, -0.15) is 0 Å². The summed E-state index contributed by atoms with van der Waals surface area (Å²) in [5.74, 6) is -0.107. The van der Waals surface area contributed by atoms with Crippen LogP contribution in [-0.4, -0.2) is 20.9 Å². The third-order valence-electron chi connectivity index (χ3n) is 4.43. The second kappa shape index (κ2) is 8.82. The number of carbonyl (C=O) groups excluding carboxylic acids is 1. The van der Waals surface area contributed by atoms with Gasteiger partial charge in [0, 0.05) is 12.1 Å². The summed E-state index contributed by atoms with van der Waals surface area (Å²) in [6, 6.07) is 24.0. The van der Waals surface area contributed by atoms with Crippen molar-refractivity contribution in [3.8, 4) is 11.1 Å². The fraction of sp³-hybridized carbons (Fsp3) is 0.136. The molecule has 3 rings (SSSR count). The van der Waals surface area contributed by atoms with Crippen LogP contribution in [0.5, 0.6) is 0 Å². The first-order valence-corrected chi connectivity index (χ1v) is 10.5. The predicted molar refractivity (Wildman–Crippen MR) is 110 cm³/mol. The molecule has 0 unspecified atom stereocenters. The van der Waals surface area contributed by atoms with Crippen molar-refractivity contribution in [3.63, 3.8) is 0 Å². The van der Waals surface area contributed by atoms with Crippen molar-refractivity contribution in [2.24, 2.45) is 5.14 Å². The number of hydrogen-bond acceptors (Lipinski definition) is 3. The monoisotopic (exact) mass is 394 g/mol. The lowest BCUT2D eigenvalue weighted by Gasteiger charge is -2.07.